The summed E-state index contributed by atoms with van der Waals surface area (Å²) in [4.78, 5) is 0. The first-order valence-corrected chi connectivity index (χ1v) is 6.72. The van der Waals surface area contributed by atoms with Gasteiger partial charge in [0, 0.05) is 16.9 Å². The van der Waals surface area contributed by atoms with E-state index in [0.717, 1.165) is 0 Å². The average molecular weight is 438 g/mol. The van der Waals surface area contributed by atoms with Gasteiger partial charge in [-0.05, 0) is 24.6 Å². The maximum absolute atomic E-state index is 13.1. The molecule has 15 heteroatoms. The SMILES string of the molecule is CC(c1cc(C(O)(C(F)(F)F)C(F)(F)F)c(N)cc1N)(C(F)(F)F)C(F)(F)F. The maximum Gasteiger partial charge on any atom is 0.430 e. The third-order valence-electron chi connectivity index (χ3n) is 4.10. The van der Waals surface area contributed by atoms with Crippen molar-refractivity contribution in [2.75, 3.05) is 11.5 Å². The first kappa shape index (κ1) is 24.0. The minimum Gasteiger partial charge on any atom is -0.398 e. The number of hydrogen-bond donors (Lipinski definition) is 3. The van der Waals surface area contributed by atoms with Gasteiger partial charge in [0.25, 0.3) is 5.60 Å². The lowest BCUT2D eigenvalue weighted by Crippen LogP contribution is -2.55. The summed E-state index contributed by atoms with van der Waals surface area (Å²) in [5, 5.41) is 9.29. The molecule has 0 saturated carbocycles. The van der Waals surface area contributed by atoms with Gasteiger partial charge in [-0.2, -0.15) is 52.7 Å². The molecule has 0 radical (unpaired) electrons. The number of nitrogens with two attached hydrogens (primary N) is 2. The van der Waals surface area contributed by atoms with E-state index in [4.69, 9.17) is 11.5 Å². The Hall–Kier alpha value is -2.06. The Morgan fingerprint density at radius 2 is 0.929 bits per heavy atom. The number of alkyl halides is 12. The fourth-order valence-electron chi connectivity index (χ4n) is 2.31. The Balaban J connectivity index is 4.08. The third kappa shape index (κ3) is 3.28. The molecule has 0 bridgehead atoms. The summed E-state index contributed by atoms with van der Waals surface area (Å²) in [5.41, 5.74) is -8.66. The van der Waals surface area contributed by atoms with Crippen molar-refractivity contribution in [2.45, 2.75) is 42.6 Å². The average Bonchev–Trinajstić information content (AvgIpc) is 2.41. The zero-order chi connectivity index (χ0) is 22.7. The highest BCUT2D eigenvalue weighted by Crippen LogP contribution is 2.56. The summed E-state index contributed by atoms with van der Waals surface area (Å²) in [5.74, 6) is 0. The predicted octanol–water partition coefficient (Wildman–Crippen LogP) is 4.55. The van der Waals surface area contributed by atoms with Crippen LogP contribution in [0.5, 0.6) is 0 Å². The smallest absolute Gasteiger partial charge is 0.398 e. The second-order valence-electron chi connectivity index (χ2n) is 5.85. The van der Waals surface area contributed by atoms with Gasteiger partial charge in [0.1, 0.15) is 0 Å². The summed E-state index contributed by atoms with van der Waals surface area (Å²) in [6.07, 6.45) is -25.7. The van der Waals surface area contributed by atoms with Gasteiger partial charge >= 0.3 is 24.7 Å². The van der Waals surface area contributed by atoms with Gasteiger partial charge in [0.15, 0.2) is 5.41 Å². The van der Waals surface area contributed by atoms with Crippen LogP contribution in [0.15, 0.2) is 12.1 Å². The van der Waals surface area contributed by atoms with Crippen molar-refractivity contribution in [1.29, 1.82) is 0 Å². The molecule has 1 rings (SSSR count). The lowest BCUT2D eigenvalue weighted by Gasteiger charge is -2.38. The fourth-order valence-corrected chi connectivity index (χ4v) is 2.31. The summed E-state index contributed by atoms with van der Waals surface area (Å²) in [6.45, 7) is -0.529. The van der Waals surface area contributed by atoms with Gasteiger partial charge in [0.05, 0.1) is 0 Å². The van der Waals surface area contributed by atoms with E-state index in [2.05, 4.69) is 0 Å². The Kier molecular flexibility index (Phi) is 5.33. The van der Waals surface area contributed by atoms with Crippen LogP contribution in [0.1, 0.15) is 18.1 Å². The Labute approximate surface area is 147 Å². The van der Waals surface area contributed by atoms with E-state index in [-0.39, 0.29) is 6.07 Å². The molecular formula is C13H10F12N2O. The second kappa shape index (κ2) is 6.22. The number of halogens is 12. The summed E-state index contributed by atoms with van der Waals surface area (Å²) < 4.78 is 157. The van der Waals surface area contributed by atoms with Crippen molar-refractivity contribution in [2.24, 2.45) is 0 Å². The number of anilines is 2. The van der Waals surface area contributed by atoms with Crippen LogP contribution in [0.25, 0.3) is 0 Å². The molecule has 0 saturated heterocycles. The Bertz CT molecular complexity index is 657. The van der Waals surface area contributed by atoms with Crippen LogP contribution in [-0.2, 0) is 11.0 Å². The lowest BCUT2D eigenvalue weighted by atomic mass is 9.77. The number of aliphatic hydroxyl groups is 1. The summed E-state index contributed by atoms with van der Waals surface area (Å²) in [6, 6.07) is -0.935. The maximum atomic E-state index is 13.1. The van der Waals surface area contributed by atoms with Crippen molar-refractivity contribution >= 4 is 11.4 Å². The highest BCUT2D eigenvalue weighted by Gasteiger charge is 2.73. The van der Waals surface area contributed by atoms with Crippen molar-refractivity contribution < 1.29 is 57.8 Å². The van der Waals surface area contributed by atoms with Crippen molar-refractivity contribution in [1.82, 2.24) is 0 Å². The molecule has 0 spiro atoms. The van der Waals surface area contributed by atoms with Gasteiger partial charge in [-0.25, -0.2) is 0 Å². The van der Waals surface area contributed by atoms with Gasteiger partial charge in [-0.1, -0.05) is 0 Å². The van der Waals surface area contributed by atoms with Crippen LogP contribution in [0, 0.1) is 0 Å². The molecule has 3 nitrogen and oxygen atoms in total. The van der Waals surface area contributed by atoms with Gasteiger partial charge < -0.3 is 16.6 Å². The van der Waals surface area contributed by atoms with Crippen molar-refractivity contribution in [3.8, 4) is 0 Å². The van der Waals surface area contributed by atoms with E-state index in [9.17, 15) is 57.8 Å². The largest absolute Gasteiger partial charge is 0.430 e. The molecule has 0 aromatic heterocycles. The molecule has 5 N–H and O–H groups in total. The first-order valence-electron chi connectivity index (χ1n) is 6.72. The summed E-state index contributed by atoms with van der Waals surface area (Å²) >= 11 is 0. The molecule has 0 aliphatic carbocycles. The van der Waals surface area contributed by atoms with Gasteiger partial charge in [0.2, 0.25) is 0 Å². The molecule has 28 heavy (non-hydrogen) atoms. The molecule has 0 amide bonds. The molecule has 1 aromatic rings. The molecule has 0 unspecified atom stereocenters. The van der Waals surface area contributed by atoms with Gasteiger partial charge in [-0.15, -0.1) is 0 Å². The zero-order valence-electron chi connectivity index (χ0n) is 13.3. The molecule has 1 aromatic carbocycles. The Morgan fingerprint density at radius 3 is 1.21 bits per heavy atom. The number of nitrogen functional groups attached to an aromatic ring is 2. The number of hydrogen-bond acceptors (Lipinski definition) is 3. The van der Waals surface area contributed by atoms with Crippen molar-refractivity contribution in [3.05, 3.63) is 23.3 Å². The molecule has 0 heterocycles. The summed E-state index contributed by atoms with van der Waals surface area (Å²) in [7, 11) is 0. The molecule has 0 fully saturated rings. The minimum atomic E-state index is -6.60. The van der Waals surface area contributed by atoms with Gasteiger partial charge in [-0.3, -0.25) is 0 Å². The van der Waals surface area contributed by atoms with E-state index in [1.807, 2.05) is 0 Å². The highest BCUT2D eigenvalue weighted by molar-refractivity contribution is 5.66. The van der Waals surface area contributed by atoms with Crippen LogP contribution in [0.4, 0.5) is 64.1 Å². The number of benzene rings is 1. The molecule has 162 valence electrons. The normalized spacial score (nSPS) is 15.1. The second-order valence-corrected chi connectivity index (χ2v) is 5.85. The highest BCUT2D eigenvalue weighted by atomic mass is 19.4. The van der Waals surface area contributed by atoms with E-state index < -0.39 is 71.2 Å². The topological polar surface area (TPSA) is 72.3 Å². The zero-order valence-corrected chi connectivity index (χ0v) is 13.3. The molecule has 0 aliphatic rings. The quantitative estimate of drug-likeness (QED) is 0.469. The standard InChI is InChI=1S/C13H10F12N2O/c1-8(10(14,15)16,11(17,18)19)4-2-5(7(27)3-6(4)26)9(28,12(20,21)22)13(23,24)25/h2-3,28H,26-27H2,1H3. The molecular weight excluding hydrogens is 428 g/mol. The molecule has 0 aliphatic heterocycles. The Morgan fingerprint density at radius 1 is 0.607 bits per heavy atom. The van der Waals surface area contributed by atoms with Crippen LogP contribution < -0.4 is 11.5 Å². The first-order chi connectivity index (χ1) is 12.0. The molecule has 0 atom stereocenters. The van der Waals surface area contributed by atoms with E-state index in [1.54, 1.807) is 0 Å². The fraction of sp³-hybridized carbons (Fsp3) is 0.538. The van der Waals surface area contributed by atoms with E-state index in [0.29, 0.717) is 0 Å². The van der Waals surface area contributed by atoms with Crippen LogP contribution in [0.2, 0.25) is 0 Å². The van der Waals surface area contributed by atoms with Crippen LogP contribution >= 0.6 is 0 Å². The van der Waals surface area contributed by atoms with Crippen LogP contribution in [0.3, 0.4) is 0 Å². The monoisotopic (exact) mass is 438 g/mol. The van der Waals surface area contributed by atoms with Crippen molar-refractivity contribution in [3.63, 3.8) is 0 Å². The third-order valence-corrected chi connectivity index (χ3v) is 4.10. The predicted molar refractivity (Wildman–Crippen MR) is 70.7 cm³/mol. The van der Waals surface area contributed by atoms with Crippen LogP contribution in [-0.4, -0.2) is 29.8 Å². The minimum absolute atomic E-state index is 0.150. The van der Waals surface area contributed by atoms with E-state index >= 15 is 0 Å². The lowest BCUT2D eigenvalue weighted by molar-refractivity contribution is -0.376. The number of rotatable bonds is 2. The van der Waals surface area contributed by atoms with E-state index in [1.165, 1.54) is 0 Å².